The minimum atomic E-state index is -0.855. The van der Waals surface area contributed by atoms with Crippen molar-refractivity contribution in [2.24, 2.45) is 0 Å². The van der Waals surface area contributed by atoms with E-state index in [1.165, 1.54) is 263 Å². The minimum absolute atomic E-state index is 0.00671. The summed E-state index contributed by atoms with van der Waals surface area (Å²) in [6, 6.07) is -0.640. The van der Waals surface area contributed by atoms with Crippen LogP contribution in [0, 0.1) is 0 Å². The van der Waals surface area contributed by atoms with Gasteiger partial charge in [-0.05, 0) is 32.1 Å². The molecule has 0 bridgehead atoms. The van der Waals surface area contributed by atoms with E-state index in [1.807, 2.05) is 6.08 Å². The highest BCUT2D eigenvalue weighted by Gasteiger charge is 2.18. The summed E-state index contributed by atoms with van der Waals surface area (Å²) < 4.78 is 5.48. The van der Waals surface area contributed by atoms with E-state index in [1.54, 1.807) is 6.08 Å². The van der Waals surface area contributed by atoms with Crippen LogP contribution in [0.2, 0.25) is 0 Å². The Hall–Kier alpha value is -1.40. The molecule has 0 heterocycles. The van der Waals surface area contributed by atoms with E-state index in [0.717, 1.165) is 57.8 Å². The Morgan fingerprint density at radius 1 is 0.397 bits per heavy atom. The lowest BCUT2D eigenvalue weighted by Crippen LogP contribution is -2.45. The molecule has 2 unspecified atom stereocenters. The number of aliphatic hydroxyl groups is 2. The van der Waals surface area contributed by atoms with Crippen LogP contribution in [0.15, 0.2) is 12.2 Å². The molecule has 0 aromatic heterocycles. The Balaban J connectivity index is 3.47. The van der Waals surface area contributed by atoms with E-state index < -0.39 is 12.1 Å². The van der Waals surface area contributed by atoms with Gasteiger partial charge >= 0.3 is 5.97 Å². The van der Waals surface area contributed by atoms with Gasteiger partial charge in [-0.25, -0.2) is 0 Å². The third kappa shape index (κ3) is 53.9. The predicted molar refractivity (Wildman–Crippen MR) is 297 cm³/mol. The molecule has 0 aromatic carbocycles. The Bertz CT molecular complexity index is 1020. The number of aliphatic hydroxyl groups excluding tert-OH is 2. The van der Waals surface area contributed by atoms with Crippen molar-refractivity contribution in [2.75, 3.05) is 13.2 Å². The van der Waals surface area contributed by atoms with Crippen LogP contribution in [-0.2, 0) is 14.3 Å². The quantitative estimate of drug-likeness (QED) is 0.0321. The van der Waals surface area contributed by atoms with Gasteiger partial charge in [0.2, 0.25) is 5.91 Å². The number of ether oxygens (including phenoxy) is 1. The van der Waals surface area contributed by atoms with Crippen molar-refractivity contribution in [3.63, 3.8) is 0 Å². The van der Waals surface area contributed by atoms with Crippen LogP contribution in [-0.4, -0.2) is 47.4 Å². The van der Waals surface area contributed by atoms with Crippen LogP contribution < -0.4 is 5.32 Å². The first-order valence-electron chi connectivity index (χ1n) is 31.0. The van der Waals surface area contributed by atoms with Crippen LogP contribution in [0.5, 0.6) is 0 Å². The first-order valence-corrected chi connectivity index (χ1v) is 31.0. The largest absolute Gasteiger partial charge is 0.466 e. The fourth-order valence-corrected chi connectivity index (χ4v) is 9.81. The second-order valence-corrected chi connectivity index (χ2v) is 21.4. The molecular formula is C62H121NO5. The number of nitrogens with one attached hydrogen (secondary N) is 1. The predicted octanol–water partition coefficient (Wildman–Crippen LogP) is 19.2. The number of carbonyl (C=O) groups is 2. The van der Waals surface area contributed by atoms with Gasteiger partial charge in [-0.15, -0.1) is 0 Å². The lowest BCUT2D eigenvalue weighted by molar-refractivity contribution is -0.143. The van der Waals surface area contributed by atoms with Gasteiger partial charge in [0, 0.05) is 12.8 Å². The lowest BCUT2D eigenvalue weighted by atomic mass is 10.0. The Labute approximate surface area is 425 Å². The average molecular weight is 961 g/mol. The third-order valence-electron chi connectivity index (χ3n) is 14.6. The molecule has 0 aromatic rings. The molecule has 0 fully saturated rings. The molecule has 0 saturated heterocycles. The van der Waals surface area contributed by atoms with E-state index in [-0.39, 0.29) is 18.5 Å². The second-order valence-electron chi connectivity index (χ2n) is 21.4. The molecular weight excluding hydrogens is 839 g/mol. The van der Waals surface area contributed by atoms with E-state index >= 15 is 0 Å². The van der Waals surface area contributed by atoms with Gasteiger partial charge < -0.3 is 20.3 Å². The topological polar surface area (TPSA) is 95.9 Å². The average Bonchev–Trinajstić information content (AvgIpc) is 3.34. The molecule has 0 aliphatic heterocycles. The molecule has 2 atom stereocenters. The number of hydrogen-bond acceptors (Lipinski definition) is 5. The summed E-state index contributed by atoms with van der Waals surface area (Å²) in [7, 11) is 0. The molecule has 0 spiro atoms. The zero-order chi connectivity index (χ0) is 49.3. The Morgan fingerprint density at radius 3 is 1.00 bits per heavy atom. The van der Waals surface area contributed by atoms with Gasteiger partial charge in [-0.2, -0.15) is 0 Å². The SMILES string of the molecule is CCCCCCCCCCCCCCCCCCCCCCCC/C=C/C(O)C(CO)NC(=O)CCCCCCCCCCCCCCOC(=O)CCCCCCCCCCCCCCCCC. The molecule has 68 heavy (non-hydrogen) atoms. The molecule has 0 aliphatic rings. The Morgan fingerprint density at radius 2 is 0.676 bits per heavy atom. The summed E-state index contributed by atoms with van der Waals surface area (Å²) in [4.78, 5) is 24.6. The highest BCUT2D eigenvalue weighted by atomic mass is 16.5. The smallest absolute Gasteiger partial charge is 0.305 e. The van der Waals surface area contributed by atoms with E-state index in [2.05, 4.69) is 19.2 Å². The summed E-state index contributed by atoms with van der Waals surface area (Å²) in [6.07, 6.45) is 69.6. The molecule has 3 N–H and O–H groups in total. The zero-order valence-electron chi connectivity index (χ0n) is 46.1. The standard InChI is InChI=1S/C62H121NO5/c1-3-5-7-9-11-13-15-17-19-20-21-22-23-24-25-26-27-29-30-34-38-42-46-50-54-60(65)59(58-64)63-61(66)55-51-47-43-39-35-32-33-37-41-45-49-53-57-68-62(67)56-52-48-44-40-36-31-28-18-16-14-12-10-8-6-4-2/h50,54,59-60,64-65H,3-49,51-53,55-58H2,1-2H3,(H,63,66)/b54-50+. The number of carbonyl (C=O) groups excluding carboxylic acids is 2. The van der Waals surface area contributed by atoms with E-state index in [9.17, 15) is 19.8 Å². The van der Waals surface area contributed by atoms with Gasteiger partial charge in [0.15, 0.2) is 0 Å². The number of allylic oxidation sites excluding steroid dienone is 1. The molecule has 0 radical (unpaired) electrons. The van der Waals surface area contributed by atoms with Gasteiger partial charge in [0.05, 0.1) is 25.4 Å². The van der Waals surface area contributed by atoms with Crippen molar-refractivity contribution < 1.29 is 24.5 Å². The van der Waals surface area contributed by atoms with Gasteiger partial charge in [0.1, 0.15) is 0 Å². The number of esters is 1. The number of unbranched alkanes of at least 4 members (excludes halogenated alkanes) is 47. The van der Waals surface area contributed by atoms with Crippen LogP contribution in [0.1, 0.15) is 348 Å². The number of amides is 1. The highest BCUT2D eigenvalue weighted by molar-refractivity contribution is 5.76. The first-order chi connectivity index (χ1) is 33.5. The Kier molecular flexibility index (Phi) is 57.0. The summed E-state index contributed by atoms with van der Waals surface area (Å²) in [5.41, 5.74) is 0. The zero-order valence-corrected chi connectivity index (χ0v) is 46.1. The molecule has 1 amide bonds. The van der Waals surface area contributed by atoms with Crippen LogP contribution in [0.25, 0.3) is 0 Å². The molecule has 6 nitrogen and oxygen atoms in total. The first kappa shape index (κ1) is 66.6. The minimum Gasteiger partial charge on any atom is -0.466 e. The molecule has 6 heteroatoms. The number of hydrogen-bond donors (Lipinski definition) is 3. The van der Waals surface area contributed by atoms with Crippen molar-refractivity contribution in [1.82, 2.24) is 5.32 Å². The van der Waals surface area contributed by atoms with Crippen molar-refractivity contribution in [2.45, 2.75) is 360 Å². The van der Waals surface area contributed by atoms with Gasteiger partial charge in [0.25, 0.3) is 0 Å². The van der Waals surface area contributed by atoms with Crippen molar-refractivity contribution in [1.29, 1.82) is 0 Å². The van der Waals surface area contributed by atoms with Crippen LogP contribution in [0.3, 0.4) is 0 Å². The summed E-state index contributed by atoms with van der Waals surface area (Å²) in [6.45, 7) is 4.90. The maximum Gasteiger partial charge on any atom is 0.305 e. The number of rotatable bonds is 58. The van der Waals surface area contributed by atoms with Crippen LogP contribution >= 0.6 is 0 Å². The highest BCUT2D eigenvalue weighted by Crippen LogP contribution is 2.18. The maximum atomic E-state index is 12.5. The molecule has 0 saturated carbocycles. The second kappa shape index (κ2) is 58.2. The molecule has 0 rings (SSSR count). The fourth-order valence-electron chi connectivity index (χ4n) is 9.81. The monoisotopic (exact) mass is 960 g/mol. The van der Waals surface area contributed by atoms with Gasteiger partial charge in [-0.1, -0.05) is 315 Å². The molecule has 404 valence electrons. The van der Waals surface area contributed by atoms with Crippen molar-refractivity contribution in [3.05, 3.63) is 12.2 Å². The van der Waals surface area contributed by atoms with E-state index in [4.69, 9.17) is 4.74 Å². The summed E-state index contributed by atoms with van der Waals surface area (Å²) >= 11 is 0. The summed E-state index contributed by atoms with van der Waals surface area (Å²) in [5.74, 6) is -0.0857. The lowest BCUT2D eigenvalue weighted by Gasteiger charge is -2.20. The van der Waals surface area contributed by atoms with Crippen molar-refractivity contribution >= 4 is 11.9 Å². The molecule has 0 aliphatic carbocycles. The normalized spacial score (nSPS) is 12.6. The van der Waals surface area contributed by atoms with Crippen LogP contribution in [0.4, 0.5) is 0 Å². The third-order valence-corrected chi connectivity index (χ3v) is 14.6. The fraction of sp³-hybridized carbons (Fsp3) is 0.935. The maximum absolute atomic E-state index is 12.5. The summed E-state index contributed by atoms with van der Waals surface area (Å²) in [5, 5.41) is 23.2. The van der Waals surface area contributed by atoms with E-state index in [0.29, 0.717) is 19.4 Å². The van der Waals surface area contributed by atoms with Crippen molar-refractivity contribution in [3.8, 4) is 0 Å². The van der Waals surface area contributed by atoms with Gasteiger partial charge in [-0.3, -0.25) is 9.59 Å².